The van der Waals surface area contributed by atoms with Gasteiger partial charge in [-0.15, -0.1) is 11.3 Å². The maximum Gasteiger partial charge on any atom is 0.192 e. The first-order valence-electron chi connectivity index (χ1n) is 3.96. The van der Waals surface area contributed by atoms with Crippen LogP contribution < -0.4 is 0 Å². The second-order valence-electron chi connectivity index (χ2n) is 2.56. The van der Waals surface area contributed by atoms with Gasteiger partial charge in [0.15, 0.2) is 5.82 Å². The van der Waals surface area contributed by atoms with Crippen molar-refractivity contribution in [3.05, 3.63) is 22.3 Å². The van der Waals surface area contributed by atoms with Gasteiger partial charge >= 0.3 is 0 Å². The quantitative estimate of drug-likeness (QED) is 0.834. The van der Waals surface area contributed by atoms with Crippen LogP contribution in [0.15, 0.2) is 11.4 Å². The molecular formula is C8H8ClN3S. The zero-order valence-corrected chi connectivity index (χ0v) is 8.61. The van der Waals surface area contributed by atoms with E-state index < -0.39 is 0 Å². The number of aromatic amines is 1. The Morgan fingerprint density at radius 3 is 3.00 bits per heavy atom. The number of halogens is 1. The van der Waals surface area contributed by atoms with E-state index in [0.717, 1.165) is 17.1 Å². The van der Waals surface area contributed by atoms with Gasteiger partial charge in [0, 0.05) is 6.42 Å². The van der Waals surface area contributed by atoms with E-state index in [1.54, 1.807) is 11.3 Å². The van der Waals surface area contributed by atoms with Gasteiger partial charge in [-0.1, -0.05) is 18.5 Å². The lowest BCUT2D eigenvalue weighted by molar-refractivity contribution is 0.946. The molecule has 1 N–H and O–H groups in total. The van der Waals surface area contributed by atoms with Crippen molar-refractivity contribution in [3.8, 4) is 10.7 Å². The molecule has 0 aliphatic heterocycles. The van der Waals surface area contributed by atoms with Crippen LogP contribution in [0.3, 0.4) is 0 Å². The number of aryl methyl sites for hydroxylation is 1. The highest BCUT2D eigenvalue weighted by Crippen LogP contribution is 2.30. The maximum atomic E-state index is 5.94. The molecule has 0 amide bonds. The summed E-state index contributed by atoms with van der Waals surface area (Å²) in [5, 5.41) is 9.58. The first kappa shape index (κ1) is 8.72. The van der Waals surface area contributed by atoms with E-state index in [1.807, 2.05) is 18.4 Å². The number of nitrogens with zero attached hydrogens (tertiary/aromatic N) is 2. The average molecular weight is 214 g/mol. The molecule has 0 aliphatic rings. The van der Waals surface area contributed by atoms with Gasteiger partial charge in [0.25, 0.3) is 0 Å². The Balaban J connectivity index is 2.41. The molecule has 0 saturated carbocycles. The molecule has 3 nitrogen and oxygen atoms in total. The van der Waals surface area contributed by atoms with Crippen LogP contribution in [-0.2, 0) is 6.42 Å². The lowest BCUT2D eigenvalue weighted by atomic mass is 10.4. The van der Waals surface area contributed by atoms with E-state index in [1.165, 1.54) is 0 Å². The Morgan fingerprint density at radius 1 is 1.62 bits per heavy atom. The fourth-order valence-corrected chi connectivity index (χ4v) is 2.08. The van der Waals surface area contributed by atoms with Crippen LogP contribution in [0.2, 0.25) is 5.02 Å². The maximum absolute atomic E-state index is 5.94. The third kappa shape index (κ3) is 1.59. The van der Waals surface area contributed by atoms with E-state index >= 15 is 0 Å². The first-order chi connectivity index (χ1) is 6.31. The summed E-state index contributed by atoms with van der Waals surface area (Å²) in [5.74, 6) is 1.58. The fourth-order valence-electron chi connectivity index (χ4n) is 1.01. The van der Waals surface area contributed by atoms with Crippen LogP contribution in [0.25, 0.3) is 10.7 Å². The van der Waals surface area contributed by atoms with Crippen molar-refractivity contribution in [2.24, 2.45) is 0 Å². The standard InChI is InChI=1S/C8H8ClN3S/c1-2-6-10-8(12-11-6)7-5(9)3-4-13-7/h3-4H,2H2,1H3,(H,10,11,12). The van der Waals surface area contributed by atoms with Crippen molar-refractivity contribution < 1.29 is 0 Å². The summed E-state index contributed by atoms with van der Waals surface area (Å²) in [4.78, 5) is 5.22. The summed E-state index contributed by atoms with van der Waals surface area (Å²) >= 11 is 7.49. The topological polar surface area (TPSA) is 41.6 Å². The second kappa shape index (κ2) is 3.47. The Hall–Kier alpha value is -0.870. The van der Waals surface area contributed by atoms with Gasteiger partial charge in [-0.05, 0) is 11.4 Å². The van der Waals surface area contributed by atoms with Crippen molar-refractivity contribution in [2.75, 3.05) is 0 Å². The number of hydrogen-bond acceptors (Lipinski definition) is 3. The molecule has 0 spiro atoms. The van der Waals surface area contributed by atoms with Crippen LogP contribution in [0.5, 0.6) is 0 Å². The molecule has 2 rings (SSSR count). The average Bonchev–Trinajstić information content (AvgIpc) is 2.71. The summed E-state index contributed by atoms with van der Waals surface area (Å²) in [6.07, 6.45) is 0.857. The van der Waals surface area contributed by atoms with Crippen LogP contribution in [0.1, 0.15) is 12.7 Å². The number of hydrogen-bond donors (Lipinski definition) is 1. The minimum Gasteiger partial charge on any atom is -0.263 e. The van der Waals surface area contributed by atoms with Crippen LogP contribution in [0.4, 0.5) is 0 Å². The van der Waals surface area contributed by atoms with Gasteiger partial charge in [-0.3, -0.25) is 5.10 Å². The molecular weight excluding hydrogens is 206 g/mol. The fraction of sp³-hybridized carbons (Fsp3) is 0.250. The van der Waals surface area contributed by atoms with E-state index in [0.29, 0.717) is 10.8 Å². The Kier molecular flexibility index (Phi) is 2.33. The molecule has 0 atom stereocenters. The lowest BCUT2D eigenvalue weighted by Crippen LogP contribution is -1.81. The highest BCUT2D eigenvalue weighted by atomic mass is 35.5. The molecule has 0 fully saturated rings. The molecule has 0 bridgehead atoms. The van der Waals surface area contributed by atoms with E-state index in [9.17, 15) is 0 Å². The minimum absolute atomic E-state index is 0.692. The molecule has 0 aliphatic carbocycles. The Labute approximate surface area is 84.8 Å². The molecule has 2 heterocycles. The Morgan fingerprint density at radius 2 is 2.46 bits per heavy atom. The molecule has 0 radical (unpaired) electrons. The number of rotatable bonds is 2. The summed E-state index contributed by atoms with van der Waals surface area (Å²) in [5.41, 5.74) is 0. The Bertz CT molecular complexity index is 407. The van der Waals surface area contributed by atoms with Gasteiger partial charge in [-0.25, -0.2) is 4.98 Å². The second-order valence-corrected chi connectivity index (χ2v) is 3.88. The van der Waals surface area contributed by atoms with Gasteiger partial charge in [0.2, 0.25) is 0 Å². The smallest absolute Gasteiger partial charge is 0.192 e. The summed E-state index contributed by atoms with van der Waals surface area (Å²) in [6, 6.07) is 1.85. The molecule has 68 valence electrons. The lowest BCUT2D eigenvalue weighted by Gasteiger charge is -1.87. The SMILES string of the molecule is CCc1nc(-c2sccc2Cl)n[nH]1. The molecule has 2 aromatic heterocycles. The van der Waals surface area contributed by atoms with Crippen LogP contribution in [-0.4, -0.2) is 15.2 Å². The minimum atomic E-state index is 0.692. The molecule has 2 aromatic rings. The summed E-state index contributed by atoms with van der Waals surface area (Å²) in [6.45, 7) is 2.03. The molecule has 0 unspecified atom stereocenters. The van der Waals surface area contributed by atoms with E-state index in [2.05, 4.69) is 15.2 Å². The largest absolute Gasteiger partial charge is 0.263 e. The predicted octanol–water partition coefficient (Wildman–Crippen LogP) is 2.75. The van der Waals surface area contributed by atoms with Crippen molar-refractivity contribution in [1.82, 2.24) is 15.2 Å². The van der Waals surface area contributed by atoms with Crippen molar-refractivity contribution in [3.63, 3.8) is 0 Å². The van der Waals surface area contributed by atoms with Gasteiger partial charge in [0.05, 0.1) is 9.90 Å². The summed E-state index contributed by atoms with van der Waals surface area (Å²) < 4.78 is 0. The van der Waals surface area contributed by atoms with Gasteiger partial charge < -0.3 is 0 Å². The number of nitrogens with one attached hydrogen (secondary N) is 1. The normalized spacial score (nSPS) is 10.6. The third-order valence-electron chi connectivity index (χ3n) is 1.69. The third-order valence-corrected chi connectivity index (χ3v) is 3.02. The van der Waals surface area contributed by atoms with E-state index in [4.69, 9.17) is 11.6 Å². The molecule has 0 aromatic carbocycles. The van der Waals surface area contributed by atoms with Crippen molar-refractivity contribution in [2.45, 2.75) is 13.3 Å². The van der Waals surface area contributed by atoms with Crippen molar-refractivity contribution >= 4 is 22.9 Å². The number of H-pyrrole nitrogens is 1. The predicted molar refractivity (Wildman–Crippen MR) is 54.1 cm³/mol. The number of aromatic nitrogens is 3. The molecule has 0 saturated heterocycles. The van der Waals surface area contributed by atoms with E-state index in [-0.39, 0.29) is 0 Å². The highest BCUT2D eigenvalue weighted by Gasteiger charge is 2.09. The monoisotopic (exact) mass is 213 g/mol. The molecule has 13 heavy (non-hydrogen) atoms. The molecule has 5 heteroatoms. The number of thiophene rings is 1. The first-order valence-corrected chi connectivity index (χ1v) is 5.21. The van der Waals surface area contributed by atoms with Gasteiger partial charge in [-0.2, -0.15) is 5.10 Å². The summed E-state index contributed by atoms with van der Waals surface area (Å²) in [7, 11) is 0. The van der Waals surface area contributed by atoms with Gasteiger partial charge in [0.1, 0.15) is 5.82 Å². The van der Waals surface area contributed by atoms with Crippen LogP contribution in [0, 0.1) is 0 Å². The van der Waals surface area contributed by atoms with Crippen LogP contribution >= 0.6 is 22.9 Å². The van der Waals surface area contributed by atoms with Crippen molar-refractivity contribution in [1.29, 1.82) is 0 Å². The zero-order chi connectivity index (χ0) is 9.26. The highest BCUT2D eigenvalue weighted by molar-refractivity contribution is 7.14. The zero-order valence-electron chi connectivity index (χ0n) is 7.04.